The van der Waals surface area contributed by atoms with Crippen molar-refractivity contribution in [1.29, 1.82) is 0 Å². The van der Waals surface area contributed by atoms with Crippen molar-refractivity contribution in [1.82, 2.24) is 14.9 Å². The number of fused-ring (bicyclic) bond motifs is 1. The Morgan fingerprint density at radius 2 is 1.65 bits per heavy atom. The minimum absolute atomic E-state index is 0.0193. The van der Waals surface area contributed by atoms with Gasteiger partial charge in [-0.15, -0.1) is 0 Å². The van der Waals surface area contributed by atoms with E-state index in [1.807, 2.05) is 47.4 Å². The van der Waals surface area contributed by atoms with Gasteiger partial charge < -0.3 is 10.2 Å². The Morgan fingerprint density at radius 1 is 0.962 bits per heavy atom. The Bertz CT molecular complexity index is 893. The summed E-state index contributed by atoms with van der Waals surface area (Å²) in [6.45, 7) is 2.02. The summed E-state index contributed by atoms with van der Waals surface area (Å²) in [5.74, 6) is 0.503. The monoisotopic (exact) mass is 344 g/mol. The van der Waals surface area contributed by atoms with Crippen molar-refractivity contribution in [3.63, 3.8) is 0 Å². The van der Waals surface area contributed by atoms with Crippen molar-refractivity contribution < 1.29 is 4.79 Å². The Labute approximate surface area is 152 Å². The van der Waals surface area contributed by atoms with E-state index < -0.39 is 0 Å². The van der Waals surface area contributed by atoms with E-state index in [2.05, 4.69) is 27.4 Å². The van der Waals surface area contributed by atoms with Crippen molar-refractivity contribution in [2.24, 2.45) is 0 Å². The van der Waals surface area contributed by atoms with Crippen LogP contribution in [-0.4, -0.2) is 27.3 Å². The van der Waals surface area contributed by atoms with Crippen LogP contribution in [-0.2, 0) is 19.5 Å². The summed E-state index contributed by atoms with van der Waals surface area (Å²) < 4.78 is 0. The van der Waals surface area contributed by atoms with Crippen LogP contribution in [0.2, 0.25) is 0 Å². The molecule has 2 aromatic carbocycles. The van der Waals surface area contributed by atoms with Crippen molar-refractivity contribution >= 4 is 11.9 Å². The molecule has 1 aliphatic heterocycles. The van der Waals surface area contributed by atoms with Crippen LogP contribution in [0.3, 0.4) is 0 Å². The van der Waals surface area contributed by atoms with Gasteiger partial charge in [0.25, 0.3) is 5.91 Å². The van der Waals surface area contributed by atoms with Crippen molar-refractivity contribution in [3.05, 3.63) is 89.2 Å². The highest BCUT2D eigenvalue weighted by molar-refractivity contribution is 5.93. The first-order valence-corrected chi connectivity index (χ1v) is 8.75. The lowest BCUT2D eigenvalue weighted by molar-refractivity contribution is 0.0734. The number of hydrogen-bond donors (Lipinski definition) is 1. The smallest absolute Gasteiger partial charge is 0.257 e. The van der Waals surface area contributed by atoms with Crippen molar-refractivity contribution in [3.8, 4) is 0 Å². The van der Waals surface area contributed by atoms with Gasteiger partial charge in [-0.3, -0.25) is 4.79 Å². The van der Waals surface area contributed by atoms with Gasteiger partial charge in [0.2, 0.25) is 5.95 Å². The Kier molecular flexibility index (Phi) is 4.60. The van der Waals surface area contributed by atoms with E-state index in [4.69, 9.17) is 0 Å². The van der Waals surface area contributed by atoms with Gasteiger partial charge in [-0.05, 0) is 23.1 Å². The third-order valence-electron chi connectivity index (χ3n) is 4.61. The number of carbonyl (C=O) groups excluding carboxylic acids is 1. The first kappa shape index (κ1) is 16.3. The molecule has 130 valence electrons. The van der Waals surface area contributed by atoms with E-state index in [9.17, 15) is 4.79 Å². The maximum absolute atomic E-state index is 12.7. The van der Waals surface area contributed by atoms with Crippen LogP contribution in [0.1, 0.15) is 27.0 Å². The zero-order chi connectivity index (χ0) is 17.8. The summed E-state index contributed by atoms with van der Waals surface area (Å²) in [7, 11) is 0. The van der Waals surface area contributed by atoms with Gasteiger partial charge in [0.1, 0.15) is 0 Å². The topological polar surface area (TPSA) is 58.1 Å². The van der Waals surface area contributed by atoms with E-state index in [0.29, 0.717) is 24.6 Å². The quantitative estimate of drug-likeness (QED) is 0.789. The molecule has 0 bridgehead atoms. The van der Waals surface area contributed by atoms with Crippen molar-refractivity contribution in [2.75, 3.05) is 11.9 Å². The standard InChI is InChI=1S/C21H20N4O/c26-20(25-11-10-17-8-4-5-9-18(17)15-25)19-13-23-21(24-14-19)22-12-16-6-2-1-3-7-16/h1-9,13-14H,10-12,15H2,(H,22,23,24). The molecule has 0 saturated carbocycles. The molecule has 5 heteroatoms. The lowest BCUT2D eigenvalue weighted by Gasteiger charge is -2.28. The summed E-state index contributed by atoms with van der Waals surface area (Å²) in [5.41, 5.74) is 4.22. The van der Waals surface area contributed by atoms with Crippen LogP contribution < -0.4 is 5.32 Å². The van der Waals surface area contributed by atoms with Crippen molar-refractivity contribution in [2.45, 2.75) is 19.5 Å². The fourth-order valence-corrected chi connectivity index (χ4v) is 3.16. The molecule has 1 N–H and O–H groups in total. The van der Waals surface area contributed by atoms with Gasteiger partial charge in [0, 0.05) is 32.0 Å². The third-order valence-corrected chi connectivity index (χ3v) is 4.61. The predicted molar refractivity (Wildman–Crippen MR) is 101 cm³/mol. The van der Waals surface area contributed by atoms with E-state index in [1.165, 1.54) is 11.1 Å². The number of amides is 1. The van der Waals surface area contributed by atoms with Crippen LogP contribution in [0.15, 0.2) is 67.0 Å². The molecule has 0 spiro atoms. The Morgan fingerprint density at radius 3 is 2.42 bits per heavy atom. The molecule has 5 nitrogen and oxygen atoms in total. The third kappa shape index (κ3) is 3.57. The molecule has 1 amide bonds. The van der Waals surface area contributed by atoms with Crippen LogP contribution in [0.25, 0.3) is 0 Å². The molecule has 0 fully saturated rings. The minimum atomic E-state index is -0.0193. The predicted octanol–water partition coefficient (Wildman–Crippen LogP) is 3.29. The van der Waals surface area contributed by atoms with Gasteiger partial charge in [-0.25, -0.2) is 9.97 Å². The second-order valence-corrected chi connectivity index (χ2v) is 6.38. The number of carbonyl (C=O) groups is 1. The second-order valence-electron chi connectivity index (χ2n) is 6.38. The van der Waals surface area contributed by atoms with E-state index in [-0.39, 0.29) is 5.91 Å². The zero-order valence-electron chi connectivity index (χ0n) is 14.4. The molecule has 4 rings (SSSR count). The maximum atomic E-state index is 12.7. The molecule has 0 radical (unpaired) electrons. The van der Waals surface area contributed by atoms with Crippen LogP contribution in [0.4, 0.5) is 5.95 Å². The number of nitrogens with one attached hydrogen (secondary N) is 1. The number of hydrogen-bond acceptors (Lipinski definition) is 4. The molecule has 2 heterocycles. The molecule has 0 aliphatic carbocycles. The lowest BCUT2D eigenvalue weighted by atomic mass is 9.99. The summed E-state index contributed by atoms with van der Waals surface area (Å²) in [6.07, 6.45) is 4.09. The normalized spacial score (nSPS) is 13.2. The molecule has 3 aromatic rings. The van der Waals surface area contributed by atoms with E-state index >= 15 is 0 Å². The number of anilines is 1. The van der Waals surface area contributed by atoms with Gasteiger partial charge in [-0.2, -0.15) is 0 Å². The molecule has 26 heavy (non-hydrogen) atoms. The summed E-state index contributed by atoms with van der Waals surface area (Å²) in [4.78, 5) is 23.2. The molecular weight excluding hydrogens is 324 g/mol. The van der Waals surface area contributed by atoms with E-state index in [0.717, 1.165) is 18.5 Å². The van der Waals surface area contributed by atoms with Gasteiger partial charge in [0.05, 0.1) is 5.56 Å². The van der Waals surface area contributed by atoms with Crippen LogP contribution >= 0.6 is 0 Å². The number of nitrogens with zero attached hydrogens (tertiary/aromatic N) is 3. The highest BCUT2D eigenvalue weighted by atomic mass is 16.2. The van der Waals surface area contributed by atoms with Gasteiger partial charge in [0.15, 0.2) is 0 Å². The fraction of sp³-hybridized carbons (Fsp3) is 0.190. The first-order valence-electron chi connectivity index (χ1n) is 8.75. The van der Waals surface area contributed by atoms with Gasteiger partial charge in [-0.1, -0.05) is 54.6 Å². The highest BCUT2D eigenvalue weighted by Crippen LogP contribution is 2.20. The van der Waals surface area contributed by atoms with Crippen LogP contribution in [0, 0.1) is 0 Å². The molecule has 0 unspecified atom stereocenters. The average Bonchev–Trinajstić information content (AvgIpc) is 2.72. The minimum Gasteiger partial charge on any atom is -0.350 e. The summed E-state index contributed by atoms with van der Waals surface area (Å²) in [5, 5.41) is 3.17. The second kappa shape index (κ2) is 7.35. The number of benzene rings is 2. The lowest BCUT2D eigenvalue weighted by Crippen LogP contribution is -2.36. The molecule has 1 aromatic heterocycles. The number of rotatable bonds is 4. The summed E-state index contributed by atoms with van der Waals surface area (Å²) in [6, 6.07) is 18.3. The summed E-state index contributed by atoms with van der Waals surface area (Å²) >= 11 is 0. The average molecular weight is 344 g/mol. The number of aromatic nitrogens is 2. The molecular formula is C21H20N4O. The first-order chi connectivity index (χ1) is 12.8. The molecule has 0 saturated heterocycles. The molecule has 0 atom stereocenters. The zero-order valence-corrected chi connectivity index (χ0v) is 14.4. The fourth-order valence-electron chi connectivity index (χ4n) is 3.16. The van der Waals surface area contributed by atoms with E-state index in [1.54, 1.807) is 12.4 Å². The molecule has 1 aliphatic rings. The van der Waals surface area contributed by atoms with Crippen LogP contribution in [0.5, 0.6) is 0 Å². The largest absolute Gasteiger partial charge is 0.350 e. The maximum Gasteiger partial charge on any atom is 0.257 e. The van der Waals surface area contributed by atoms with Gasteiger partial charge >= 0.3 is 0 Å². The highest BCUT2D eigenvalue weighted by Gasteiger charge is 2.21. The Hall–Kier alpha value is -3.21. The Balaban J connectivity index is 1.40. The SMILES string of the molecule is O=C(c1cnc(NCc2ccccc2)nc1)N1CCc2ccccc2C1.